The maximum atomic E-state index is 10.7. The van der Waals surface area contributed by atoms with Gasteiger partial charge in [0.2, 0.25) is 0 Å². The van der Waals surface area contributed by atoms with Gasteiger partial charge < -0.3 is 4.98 Å². The Balaban J connectivity index is 2.39. The molecule has 1 aromatic heterocycles. The minimum Gasteiger partial charge on any atom is -0.345 e. The Labute approximate surface area is 81.5 Å². The fourth-order valence-electron chi connectivity index (χ4n) is 1.27. The van der Waals surface area contributed by atoms with Crippen LogP contribution in [-0.4, -0.2) is 15.8 Å². The van der Waals surface area contributed by atoms with Gasteiger partial charge in [-0.15, -0.1) is 0 Å². The van der Waals surface area contributed by atoms with E-state index < -0.39 is 0 Å². The first-order valence-corrected chi connectivity index (χ1v) is 4.37. The van der Waals surface area contributed by atoms with Crippen LogP contribution >= 0.6 is 0 Å². The zero-order valence-electron chi connectivity index (χ0n) is 7.82. The Morgan fingerprint density at radius 3 is 3.14 bits per heavy atom. The first kappa shape index (κ1) is 8.69. The molecule has 0 bridgehead atoms. The third-order valence-corrected chi connectivity index (χ3v) is 1.95. The highest BCUT2D eigenvalue weighted by Crippen LogP contribution is 2.12. The molecule has 3 heteroatoms. The van der Waals surface area contributed by atoms with Crippen molar-refractivity contribution < 1.29 is 4.79 Å². The van der Waals surface area contributed by atoms with Crippen LogP contribution in [0.15, 0.2) is 30.6 Å². The van der Waals surface area contributed by atoms with Crippen LogP contribution < -0.4 is 0 Å². The molecule has 0 saturated heterocycles. The van der Waals surface area contributed by atoms with E-state index in [1.54, 1.807) is 18.5 Å². The standard InChI is InChI=1S/C11H10N2O/c1-8(14)2-3-9-4-5-10-11(6-9)13-7-12-10/h2-7H,1H3,(H,12,13)/b3-2+. The Morgan fingerprint density at radius 1 is 1.50 bits per heavy atom. The molecular formula is C11H10N2O. The number of ketones is 1. The van der Waals surface area contributed by atoms with E-state index in [0.717, 1.165) is 16.6 Å². The molecule has 0 aliphatic rings. The van der Waals surface area contributed by atoms with Gasteiger partial charge in [0, 0.05) is 0 Å². The van der Waals surface area contributed by atoms with Crippen molar-refractivity contribution in [2.24, 2.45) is 0 Å². The van der Waals surface area contributed by atoms with E-state index in [0.29, 0.717) is 0 Å². The van der Waals surface area contributed by atoms with Gasteiger partial charge in [0.05, 0.1) is 17.4 Å². The molecule has 0 spiro atoms. The molecule has 0 radical (unpaired) electrons. The summed E-state index contributed by atoms with van der Waals surface area (Å²) in [6.45, 7) is 1.53. The summed E-state index contributed by atoms with van der Waals surface area (Å²) in [5.74, 6) is 0.0507. The zero-order valence-corrected chi connectivity index (χ0v) is 7.82. The van der Waals surface area contributed by atoms with Crippen LogP contribution in [0.4, 0.5) is 0 Å². The molecule has 0 aliphatic heterocycles. The van der Waals surface area contributed by atoms with Crippen LogP contribution in [-0.2, 0) is 4.79 Å². The molecule has 1 aromatic carbocycles. The normalized spacial score (nSPS) is 11.2. The number of hydrogen-bond donors (Lipinski definition) is 1. The number of carbonyl (C=O) groups excluding carboxylic acids is 1. The first-order chi connectivity index (χ1) is 6.75. The average Bonchev–Trinajstić information content (AvgIpc) is 2.61. The second-order valence-electron chi connectivity index (χ2n) is 3.12. The minimum atomic E-state index is 0.0507. The van der Waals surface area contributed by atoms with Crippen LogP contribution in [0.5, 0.6) is 0 Å². The van der Waals surface area contributed by atoms with Crippen molar-refractivity contribution in [1.29, 1.82) is 0 Å². The lowest BCUT2D eigenvalue weighted by Crippen LogP contribution is -1.80. The number of carbonyl (C=O) groups is 1. The number of benzene rings is 1. The molecule has 0 aliphatic carbocycles. The topological polar surface area (TPSA) is 45.8 Å². The summed E-state index contributed by atoms with van der Waals surface area (Å²) in [5.41, 5.74) is 2.91. The first-order valence-electron chi connectivity index (χ1n) is 4.37. The molecule has 1 N–H and O–H groups in total. The summed E-state index contributed by atoms with van der Waals surface area (Å²) >= 11 is 0. The number of aromatic amines is 1. The van der Waals surface area contributed by atoms with Crippen molar-refractivity contribution in [2.45, 2.75) is 6.92 Å². The van der Waals surface area contributed by atoms with Gasteiger partial charge >= 0.3 is 0 Å². The second-order valence-corrected chi connectivity index (χ2v) is 3.12. The molecule has 2 rings (SSSR count). The van der Waals surface area contributed by atoms with Gasteiger partial charge in [-0.25, -0.2) is 4.98 Å². The van der Waals surface area contributed by atoms with E-state index in [9.17, 15) is 4.79 Å². The summed E-state index contributed by atoms with van der Waals surface area (Å²) in [6.07, 6.45) is 5.00. The molecule has 0 fully saturated rings. The largest absolute Gasteiger partial charge is 0.345 e. The molecule has 0 unspecified atom stereocenters. The van der Waals surface area contributed by atoms with E-state index >= 15 is 0 Å². The fraction of sp³-hybridized carbons (Fsp3) is 0.0909. The lowest BCUT2D eigenvalue weighted by Gasteiger charge is -1.92. The Kier molecular flexibility index (Phi) is 2.14. The maximum Gasteiger partial charge on any atom is 0.152 e. The molecule has 70 valence electrons. The van der Waals surface area contributed by atoms with Gasteiger partial charge in [-0.2, -0.15) is 0 Å². The van der Waals surface area contributed by atoms with Crippen molar-refractivity contribution in [3.8, 4) is 0 Å². The summed E-state index contributed by atoms with van der Waals surface area (Å²) in [6, 6.07) is 5.82. The highest BCUT2D eigenvalue weighted by molar-refractivity contribution is 5.92. The quantitative estimate of drug-likeness (QED) is 0.730. The monoisotopic (exact) mass is 186 g/mol. The van der Waals surface area contributed by atoms with E-state index in [-0.39, 0.29) is 5.78 Å². The number of nitrogens with one attached hydrogen (secondary N) is 1. The van der Waals surface area contributed by atoms with Gasteiger partial charge in [0.25, 0.3) is 0 Å². The van der Waals surface area contributed by atoms with Crippen LogP contribution in [0, 0.1) is 0 Å². The number of H-pyrrole nitrogens is 1. The maximum absolute atomic E-state index is 10.7. The second kappa shape index (κ2) is 3.46. The summed E-state index contributed by atoms with van der Waals surface area (Å²) < 4.78 is 0. The van der Waals surface area contributed by atoms with Crippen LogP contribution in [0.25, 0.3) is 17.1 Å². The number of nitrogens with zero attached hydrogens (tertiary/aromatic N) is 1. The SMILES string of the molecule is CC(=O)/C=C/c1ccc2nc[nH]c2c1. The number of aromatic nitrogens is 2. The average molecular weight is 186 g/mol. The van der Waals surface area contributed by atoms with Gasteiger partial charge in [-0.1, -0.05) is 12.1 Å². The summed E-state index contributed by atoms with van der Waals surface area (Å²) in [4.78, 5) is 17.8. The molecule has 14 heavy (non-hydrogen) atoms. The van der Waals surface area contributed by atoms with Gasteiger partial charge in [0.15, 0.2) is 5.78 Å². The number of imidazole rings is 1. The van der Waals surface area contributed by atoms with Gasteiger partial charge in [-0.3, -0.25) is 4.79 Å². The fourth-order valence-corrected chi connectivity index (χ4v) is 1.27. The van der Waals surface area contributed by atoms with Crippen molar-refractivity contribution in [2.75, 3.05) is 0 Å². The Morgan fingerprint density at radius 2 is 2.36 bits per heavy atom. The van der Waals surface area contributed by atoms with Gasteiger partial charge in [0.1, 0.15) is 0 Å². The van der Waals surface area contributed by atoms with Crippen molar-refractivity contribution >= 4 is 22.9 Å². The van der Waals surface area contributed by atoms with Crippen LogP contribution in [0.1, 0.15) is 12.5 Å². The highest BCUT2D eigenvalue weighted by Gasteiger charge is 1.95. The smallest absolute Gasteiger partial charge is 0.152 e. The predicted octanol–water partition coefficient (Wildman–Crippen LogP) is 2.17. The lowest BCUT2D eigenvalue weighted by atomic mass is 10.2. The Hall–Kier alpha value is -1.90. The number of fused-ring (bicyclic) bond motifs is 1. The molecule has 1 heterocycles. The minimum absolute atomic E-state index is 0.0507. The molecule has 0 atom stereocenters. The predicted molar refractivity (Wildman–Crippen MR) is 55.8 cm³/mol. The van der Waals surface area contributed by atoms with E-state index in [1.807, 2.05) is 18.2 Å². The molecular weight excluding hydrogens is 176 g/mol. The third kappa shape index (κ3) is 1.71. The van der Waals surface area contributed by atoms with Crippen molar-refractivity contribution in [3.05, 3.63) is 36.2 Å². The molecule has 3 nitrogen and oxygen atoms in total. The highest BCUT2D eigenvalue weighted by atomic mass is 16.1. The van der Waals surface area contributed by atoms with Crippen molar-refractivity contribution in [1.82, 2.24) is 9.97 Å². The number of hydrogen-bond acceptors (Lipinski definition) is 2. The number of allylic oxidation sites excluding steroid dienone is 1. The van der Waals surface area contributed by atoms with Crippen LogP contribution in [0.2, 0.25) is 0 Å². The molecule has 0 saturated carbocycles. The summed E-state index contributed by atoms with van der Waals surface area (Å²) in [5, 5.41) is 0. The van der Waals surface area contributed by atoms with Crippen LogP contribution in [0.3, 0.4) is 0 Å². The lowest BCUT2D eigenvalue weighted by molar-refractivity contribution is -0.112. The third-order valence-electron chi connectivity index (χ3n) is 1.95. The zero-order chi connectivity index (χ0) is 9.97. The summed E-state index contributed by atoms with van der Waals surface area (Å²) in [7, 11) is 0. The van der Waals surface area contributed by atoms with Gasteiger partial charge in [-0.05, 0) is 30.7 Å². The Bertz CT molecular complexity index is 497. The molecule has 0 amide bonds. The van der Waals surface area contributed by atoms with Crippen molar-refractivity contribution in [3.63, 3.8) is 0 Å². The molecule has 2 aromatic rings. The number of rotatable bonds is 2. The van der Waals surface area contributed by atoms with E-state index in [1.165, 1.54) is 6.92 Å². The van der Waals surface area contributed by atoms with E-state index in [4.69, 9.17) is 0 Å². The van der Waals surface area contributed by atoms with E-state index in [2.05, 4.69) is 9.97 Å².